The minimum absolute atomic E-state index is 0.0384. The van der Waals surface area contributed by atoms with Crippen molar-refractivity contribution >= 4 is 45.2 Å². The normalized spacial score (nSPS) is 10.4. The Hall–Kier alpha value is -2.64. The van der Waals surface area contributed by atoms with Crippen molar-refractivity contribution < 1.29 is 9.59 Å². The molecule has 0 aliphatic heterocycles. The minimum atomic E-state index is -0.248. The Labute approximate surface area is 176 Å². The molecule has 0 saturated heterocycles. The van der Waals surface area contributed by atoms with Crippen LogP contribution in [-0.4, -0.2) is 35.3 Å². The molecule has 0 saturated carbocycles. The van der Waals surface area contributed by atoms with E-state index in [2.05, 4.69) is 26.2 Å². The fourth-order valence-electron chi connectivity index (χ4n) is 2.48. The van der Waals surface area contributed by atoms with Gasteiger partial charge in [-0.1, -0.05) is 42.1 Å². The maximum atomic E-state index is 12.9. The molecular weight excluding hydrogens is 438 g/mol. The Bertz CT molecular complexity index is 965. The van der Waals surface area contributed by atoms with Crippen molar-refractivity contribution in [3.63, 3.8) is 0 Å². The lowest BCUT2D eigenvalue weighted by Gasteiger charge is -2.18. The van der Waals surface area contributed by atoms with Gasteiger partial charge in [0.1, 0.15) is 5.03 Å². The van der Waals surface area contributed by atoms with Crippen LogP contribution in [0.2, 0.25) is 0 Å². The summed E-state index contributed by atoms with van der Waals surface area (Å²) in [6.45, 7) is -0.0384. The second-order valence-electron chi connectivity index (χ2n) is 5.99. The SMILES string of the molecule is CN(CC(=O)Nc1ccccc1)C(=O)c1ccccc1Sc1ccc(Br)cn1. The Morgan fingerprint density at radius 2 is 1.75 bits per heavy atom. The molecule has 0 radical (unpaired) electrons. The minimum Gasteiger partial charge on any atom is -0.332 e. The summed E-state index contributed by atoms with van der Waals surface area (Å²) in [6.07, 6.45) is 1.72. The van der Waals surface area contributed by atoms with Crippen LogP contribution in [0.5, 0.6) is 0 Å². The Kier molecular flexibility index (Phi) is 6.84. The summed E-state index contributed by atoms with van der Waals surface area (Å²) in [4.78, 5) is 31.7. The van der Waals surface area contributed by atoms with E-state index in [0.29, 0.717) is 11.3 Å². The highest BCUT2D eigenvalue weighted by Gasteiger charge is 2.18. The van der Waals surface area contributed by atoms with Gasteiger partial charge in [-0.05, 0) is 52.3 Å². The third-order valence-corrected chi connectivity index (χ3v) is 5.31. The molecule has 2 amide bonds. The lowest BCUT2D eigenvalue weighted by molar-refractivity contribution is -0.116. The third-order valence-electron chi connectivity index (χ3n) is 3.82. The average Bonchev–Trinajstić information content (AvgIpc) is 2.70. The van der Waals surface area contributed by atoms with Crippen molar-refractivity contribution in [2.24, 2.45) is 0 Å². The molecule has 0 atom stereocenters. The van der Waals surface area contributed by atoms with Gasteiger partial charge in [0.05, 0.1) is 12.1 Å². The van der Waals surface area contributed by atoms with E-state index in [9.17, 15) is 9.59 Å². The lowest BCUT2D eigenvalue weighted by Crippen LogP contribution is -2.35. The first-order chi connectivity index (χ1) is 13.5. The Morgan fingerprint density at radius 3 is 2.46 bits per heavy atom. The second kappa shape index (κ2) is 9.52. The molecule has 0 bridgehead atoms. The first-order valence-corrected chi connectivity index (χ1v) is 10.1. The lowest BCUT2D eigenvalue weighted by atomic mass is 10.2. The van der Waals surface area contributed by atoms with Crippen LogP contribution in [0.1, 0.15) is 10.4 Å². The van der Waals surface area contributed by atoms with Crippen molar-refractivity contribution in [1.82, 2.24) is 9.88 Å². The van der Waals surface area contributed by atoms with Gasteiger partial charge in [-0.2, -0.15) is 0 Å². The highest BCUT2D eigenvalue weighted by atomic mass is 79.9. The molecule has 3 rings (SSSR count). The van der Waals surface area contributed by atoms with E-state index in [-0.39, 0.29) is 18.4 Å². The highest BCUT2D eigenvalue weighted by molar-refractivity contribution is 9.10. The van der Waals surface area contributed by atoms with Gasteiger partial charge >= 0.3 is 0 Å². The van der Waals surface area contributed by atoms with Crippen LogP contribution in [0.4, 0.5) is 5.69 Å². The van der Waals surface area contributed by atoms with Gasteiger partial charge in [0.2, 0.25) is 5.91 Å². The highest BCUT2D eigenvalue weighted by Crippen LogP contribution is 2.30. The summed E-state index contributed by atoms with van der Waals surface area (Å²) in [5, 5.41) is 3.57. The van der Waals surface area contributed by atoms with Crippen LogP contribution in [0.3, 0.4) is 0 Å². The van der Waals surface area contributed by atoms with Gasteiger partial charge < -0.3 is 10.2 Å². The number of rotatable bonds is 6. The number of nitrogens with zero attached hydrogens (tertiary/aromatic N) is 2. The van der Waals surface area contributed by atoms with Gasteiger partial charge in [0.25, 0.3) is 5.91 Å². The monoisotopic (exact) mass is 455 g/mol. The van der Waals surface area contributed by atoms with Crippen LogP contribution < -0.4 is 5.32 Å². The number of pyridine rings is 1. The maximum absolute atomic E-state index is 12.9. The molecule has 0 aliphatic rings. The molecule has 0 aliphatic carbocycles. The molecule has 28 heavy (non-hydrogen) atoms. The summed E-state index contributed by atoms with van der Waals surface area (Å²) in [7, 11) is 1.62. The molecule has 0 unspecified atom stereocenters. The largest absolute Gasteiger partial charge is 0.332 e. The molecule has 0 spiro atoms. The van der Waals surface area contributed by atoms with Crippen LogP contribution in [0.25, 0.3) is 0 Å². The van der Waals surface area contributed by atoms with Crippen molar-refractivity contribution in [3.05, 3.63) is 83.0 Å². The number of para-hydroxylation sites is 1. The number of benzene rings is 2. The summed E-state index contributed by atoms with van der Waals surface area (Å²) in [6, 6.07) is 20.3. The van der Waals surface area contributed by atoms with Crippen LogP contribution in [-0.2, 0) is 4.79 Å². The second-order valence-corrected chi connectivity index (χ2v) is 7.97. The summed E-state index contributed by atoms with van der Waals surface area (Å²) in [5.74, 6) is -0.467. The van der Waals surface area contributed by atoms with Gasteiger partial charge in [-0.15, -0.1) is 0 Å². The number of likely N-dealkylation sites (N-methyl/N-ethyl adjacent to an activating group) is 1. The molecule has 1 heterocycles. The van der Waals surface area contributed by atoms with Crippen molar-refractivity contribution in [2.45, 2.75) is 9.92 Å². The molecule has 1 aromatic heterocycles. The fraction of sp³-hybridized carbons (Fsp3) is 0.0952. The average molecular weight is 456 g/mol. The van der Waals surface area contributed by atoms with E-state index in [4.69, 9.17) is 0 Å². The maximum Gasteiger partial charge on any atom is 0.255 e. The predicted octanol–water partition coefficient (Wildman–Crippen LogP) is 4.71. The zero-order chi connectivity index (χ0) is 19.9. The number of anilines is 1. The van der Waals surface area contributed by atoms with Gasteiger partial charge in [0.15, 0.2) is 0 Å². The number of halogens is 1. The number of hydrogen-bond acceptors (Lipinski definition) is 4. The number of nitrogens with one attached hydrogen (secondary N) is 1. The molecular formula is C21H18BrN3O2S. The van der Waals surface area contributed by atoms with Crippen LogP contribution in [0.15, 0.2) is 87.3 Å². The Morgan fingerprint density at radius 1 is 1.04 bits per heavy atom. The summed E-state index contributed by atoms with van der Waals surface area (Å²) in [5.41, 5.74) is 1.23. The van der Waals surface area contributed by atoms with E-state index in [1.807, 2.05) is 48.5 Å². The number of hydrogen-bond donors (Lipinski definition) is 1. The van der Waals surface area contributed by atoms with E-state index in [0.717, 1.165) is 14.4 Å². The van der Waals surface area contributed by atoms with E-state index >= 15 is 0 Å². The van der Waals surface area contributed by atoms with E-state index < -0.39 is 0 Å². The molecule has 142 valence electrons. The zero-order valence-corrected chi connectivity index (χ0v) is 17.5. The van der Waals surface area contributed by atoms with Crippen molar-refractivity contribution in [1.29, 1.82) is 0 Å². The number of carbonyl (C=O) groups is 2. The van der Waals surface area contributed by atoms with Crippen LogP contribution in [0, 0.1) is 0 Å². The number of aromatic nitrogens is 1. The quantitative estimate of drug-likeness (QED) is 0.584. The zero-order valence-electron chi connectivity index (χ0n) is 15.1. The van der Waals surface area contributed by atoms with E-state index in [1.165, 1.54) is 16.7 Å². The molecule has 2 aromatic carbocycles. The van der Waals surface area contributed by atoms with Gasteiger partial charge in [-0.25, -0.2) is 4.98 Å². The molecule has 0 fully saturated rings. The molecule has 1 N–H and O–H groups in total. The predicted molar refractivity (Wildman–Crippen MR) is 115 cm³/mol. The molecule has 3 aromatic rings. The topological polar surface area (TPSA) is 62.3 Å². The van der Waals surface area contributed by atoms with E-state index in [1.54, 1.807) is 31.4 Å². The number of carbonyl (C=O) groups excluding carboxylic acids is 2. The summed E-state index contributed by atoms with van der Waals surface area (Å²) < 4.78 is 0.894. The molecule has 7 heteroatoms. The number of amides is 2. The Balaban J connectivity index is 1.69. The smallest absolute Gasteiger partial charge is 0.255 e. The third kappa shape index (κ3) is 5.43. The summed E-state index contributed by atoms with van der Waals surface area (Å²) >= 11 is 4.77. The van der Waals surface area contributed by atoms with Gasteiger partial charge in [-0.3, -0.25) is 9.59 Å². The first kappa shape index (κ1) is 20.1. The van der Waals surface area contributed by atoms with Crippen molar-refractivity contribution in [2.75, 3.05) is 18.9 Å². The fourth-order valence-corrected chi connectivity index (χ4v) is 3.60. The first-order valence-electron chi connectivity index (χ1n) is 8.52. The molecule has 5 nitrogen and oxygen atoms in total. The van der Waals surface area contributed by atoms with Crippen LogP contribution >= 0.6 is 27.7 Å². The van der Waals surface area contributed by atoms with Gasteiger partial charge in [0, 0.05) is 28.3 Å². The standard InChI is InChI=1S/C21H18BrN3O2S/c1-25(14-19(26)24-16-7-3-2-4-8-16)21(27)17-9-5-6-10-18(17)28-20-12-11-15(22)13-23-20/h2-13H,14H2,1H3,(H,24,26). The van der Waals surface area contributed by atoms with Crippen molar-refractivity contribution in [3.8, 4) is 0 Å².